The van der Waals surface area contributed by atoms with E-state index in [0.29, 0.717) is 5.56 Å². The van der Waals surface area contributed by atoms with Gasteiger partial charge in [-0.1, -0.05) is 11.6 Å². The zero-order valence-electron chi connectivity index (χ0n) is 9.52. The standard InChI is InChI=1S/C12H14ClFN2O/c1-12(4-5-15-7-12)16-11(17)8-2-3-9(13)10(14)6-8/h2-3,6,15H,4-5,7H2,1H3,(H,16,17). The summed E-state index contributed by atoms with van der Waals surface area (Å²) in [5.41, 5.74) is 0.0349. The summed E-state index contributed by atoms with van der Waals surface area (Å²) < 4.78 is 13.2. The van der Waals surface area contributed by atoms with Crippen LogP contribution in [0.4, 0.5) is 4.39 Å². The summed E-state index contributed by atoms with van der Waals surface area (Å²) >= 11 is 5.57. The number of carbonyl (C=O) groups excluding carboxylic acids is 1. The summed E-state index contributed by atoms with van der Waals surface area (Å²) in [7, 11) is 0. The van der Waals surface area contributed by atoms with Gasteiger partial charge in [-0.15, -0.1) is 0 Å². The summed E-state index contributed by atoms with van der Waals surface area (Å²) in [4.78, 5) is 11.9. The lowest BCUT2D eigenvalue weighted by Crippen LogP contribution is -2.47. The van der Waals surface area contributed by atoms with Gasteiger partial charge in [0, 0.05) is 12.1 Å². The molecule has 3 nitrogen and oxygen atoms in total. The Labute approximate surface area is 104 Å². The van der Waals surface area contributed by atoms with Crippen LogP contribution in [0.3, 0.4) is 0 Å². The molecule has 5 heteroatoms. The molecular formula is C12H14ClFN2O. The van der Waals surface area contributed by atoms with Crippen LogP contribution in [-0.2, 0) is 0 Å². The highest BCUT2D eigenvalue weighted by molar-refractivity contribution is 6.30. The largest absolute Gasteiger partial charge is 0.346 e. The van der Waals surface area contributed by atoms with Crippen LogP contribution in [-0.4, -0.2) is 24.5 Å². The van der Waals surface area contributed by atoms with E-state index >= 15 is 0 Å². The van der Waals surface area contributed by atoms with Crippen molar-refractivity contribution in [1.29, 1.82) is 0 Å². The van der Waals surface area contributed by atoms with Crippen molar-refractivity contribution >= 4 is 17.5 Å². The molecule has 1 amide bonds. The highest BCUT2D eigenvalue weighted by Gasteiger charge is 2.30. The summed E-state index contributed by atoms with van der Waals surface area (Å²) in [6.45, 7) is 3.58. The zero-order chi connectivity index (χ0) is 12.5. The molecule has 0 radical (unpaired) electrons. The first-order valence-electron chi connectivity index (χ1n) is 5.48. The van der Waals surface area contributed by atoms with E-state index in [1.807, 2.05) is 6.92 Å². The number of rotatable bonds is 2. The molecule has 1 aliphatic heterocycles. The third-order valence-corrected chi connectivity index (χ3v) is 3.27. The molecule has 1 saturated heterocycles. The van der Waals surface area contributed by atoms with E-state index in [1.54, 1.807) is 0 Å². The average Bonchev–Trinajstić information content (AvgIpc) is 2.69. The van der Waals surface area contributed by atoms with E-state index in [0.717, 1.165) is 25.6 Å². The Morgan fingerprint density at radius 3 is 2.94 bits per heavy atom. The Hall–Kier alpha value is -1.13. The maximum Gasteiger partial charge on any atom is 0.251 e. The van der Waals surface area contributed by atoms with Crippen molar-refractivity contribution < 1.29 is 9.18 Å². The van der Waals surface area contributed by atoms with Crippen molar-refractivity contribution in [2.45, 2.75) is 18.9 Å². The van der Waals surface area contributed by atoms with Crippen LogP contribution < -0.4 is 10.6 Å². The Bertz CT molecular complexity index is 444. The quantitative estimate of drug-likeness (QED) is 0.849. The lowest BCUT2D eigenvalue weighted by Gasteiger charge is -2.24. The third-order valence-electron chi connectivity index (χ3n) is 2.97. The summed E-state index contributed by atoms with van der Waals surface area (Å²) in [6, 6.07) is 4.07. The molecule has 0 spiro atoms. The molecule has 0 aromatic heterocycles. The molecule has 1 aromatic carbocycles. The van der Waals surface area contributed by atoms with Crippen molar-refractivity contribution in [1.82, 2.24) is 10.6 Å². The summed E-state index contributed by atoms with van der Waals surface area (Å²) in [5.74, 6) is -0.846. The van der Waals surface area contributed by atoms with Crippen molar-refractivity contribution in [2.75, 3.05) is 13.1 Å². The molecular weight excluding hydrogens is 243 g/mol. The Morgan fingerprint density at radius 2 is 2.35 bits per heavy atom. The molecule has 2 N–H and O–H groups in total. The highest BCUT2D eigenvalue weighted by Crippen LogP contribution is 2.18. The van der Waals surface area contributed by atoms with Crippen LogP contribution in [0.2, 0.25) is 5.02 Å². The van der Waals surface area contributed by atoms with Gasteiger partial charge in [-0.2, -0.15) is 0 Å². The van der Waals surface area contributed by atoms with E-state index < -0.39 is 5.82 Å². The molecule has 1 aromatic rings. The minimum absolute atomic E-state index is 0.0234. The van der Waals surface area contributed by atoms with Gasteiger partial charge < -0.3 is 10.6 Å². The zero-order valence-corrected chi connectivity index (χ0v) is 10.3. The SMILES string of the molecule is CC1(NC(=O)c2ccc(Cl)c(F)c2)CCNC1. The first-order valence-corrected chi connectivity index (χ1v) is 5.86. The molecule has 2 rings (SSSR count). The van der Waals surface area contributed by atoms with Crippen LogP contribution in [0.25, 0.3) is 0 Å². The maximum atomic E-state index is 13.2. The minimum atomic E-state index is -0.575. The van der Waals surface area contributed by atoms with Crippen LogP contribution in [0.1, 0.15) is 23.7 Å². The third kappa shape index (κ3) is 2.76. The van der Waals surface area contributed by atoms with Gasteiger partial charge in [0.15, 0.2) is 0 Å². The van der Waals surface area contributed by atoms with E-state index in [2.05, 4.69) is 10.6 Å². The van der Waals surface area contributed by atoms with E-state index in [1.165, 1.54) is 12.1 Å². The summed E-state index contributed by atoms with van der Waals surface area (Å²) in [5, 5.41) is 6.11. The number of hydrogen-bond donors (Lipinski definition) is 2. The van der Waals surface area contributed by atoms with Crippen molar-refractivity contribution in [3.8, 4) is 0 Å². The molecule has 0 aliphatic carbocycles. The molecule has 1 atom stereocenters. The van der Waals surface area contributed by atoms with Gasteiger partial charge in [-0.05, 0) is 38.1 Å². The van der Waals surface area contributed by atoms with E-state index in [-0.39, 0.29) is 16.5 Å². The molecule has 92 valence electrons. The van der Waals surface area contributed by atoms with Gasteiger partial charge in [0.2, 0.25) is 0 Å². The highest BCUT2D eigenvalue weighted by atomic mass is 35.5. The van der Waals surface area contributed by atoms with Crippen LogP contribution in [0, 0.1) is 5.82 Å². The van der Waals surface area contributed by atoms with Gasteiger partial charge in [-0.3, -0.25) is 4.79 Å². The minimum Gasteiger partial charge on any atom is -0.346 e. The van der Waals surface area contributed by atoms with Gasteiger partial charge in [0.05, 0.1) is 10.6 Å². The lowest BCUT2D eigenvalue weighted by atomic mass is 10.0. The number of amides is 1. The van der Waals surface area contributed by atoms with E-state index in [9.17, 15) is 9.18 Å². The Balaban J connectivity index is 2.11. The first-order chi connectivity index (χ1) is 8.00. The van der Waals surface area contributed by atoms with Crippen LogP contribution in [0.5, 0.6) is 0 Å². The molecule has 17 heavy (non-hydrogen) atoms. The van der Waals surface area contributed by atoms with E-state index in [4.69, 9.17) is 11.6 Å². The molecule has 0 saturated carbocycles. The number of carbonyl (C=O) groups is 1. The van der Waals surface area contributed by atoms with Crippen molar-refractivity contribution in [3.05, 3.63) is 34.6 Å². The monoisotopic (exact) mass is 256 g/mol. The number of hydrogen-bond acceptors (Lipinski definition) is 2. The molecule has 1 unspecified atom stereocenters. The van der Waals surface area contributed by atoms with Gasteiger partial charge >= 0.3 is 0 Å². The number of nitrogens with one attached hydrogen (secondary N) is 2. The predicted octanol–water partition coefficient (Wildman–Crippen LogP) is 1.96. The normalized spacial score (nSPS) is 23.7. The second-order valence-electron chi connectivity index (χ2n) is 4.57. The number of benzene rings is 1. The topological polar surface area (TPSA) is 41.1 Å². The van der Waals surface area contributed by atoms with Crippen LogP contribution in [0.15, 0.2) is 18.2 Å². The fourth-order valence-corrected chi connectivity index (χ4v) is 2.02. The van der Waals surface area contributed by atoms with Crippen molar-refractivity contribution in [3.63, 3.8) is 0 Å². The second-order valence-corrected chi connectivity index (χ2v) is 4.98. The Kier molecular flexibility index (Phi) is 3.35. The number of halogens is 2. The Morgan fingerprint density at radius 1 is 1.59 bits per heavy atom. The summed E-state index contributed by atoms with van der Waals surface area (Å²) in [6.07, 6.45) is 0.870. The predicted molar refractivity (Wildman–Crippen MR) is 64.8 cm³/mol. The smallest absolute Gasteiger partial charge is 0.251 e. The fraction of sp³-hybridized carbons (Fsp3) is 0.417. The lowest BCUT2D eigenvalue weighted by molar-refractivity contribution is 0.0912. The maximum absolute atomic E-state index is 13.2. The van der Waals surface area contributed by atoms with Gasteiger partial charge in [-0.25, -0.2) is 4.39 Å². The molecule has 1 fully saturated rings. The van der Waals surface area contributed by atoms with Gasteiger partial charge in [0.25, 0.3) is 5.91 Å². The fourth-order valence-electron chi connectivity index (χ4n) is 1.91. The van der Waals surface area contributed by atoms with Gasteiger partial charge in [0.1, 0.15) is 5.82 Å². The van der Waals surface area contributed by atoms with Crippen LogP contribution >= 0.6 is 11.6 Å². The average molecular weight is 257 g/mol. The molecule has 1 heterocycles. The first kappa shape index (κ1) is 12.3. The van der Waals surface area contributed by atoms with Crippen molar-refractivity contribution in [2.24, 2.45) is 0 Å². The molecule has 1 aliphatic rings. The molecule has 0 bridgehead atoms. The second kappa shape index (κ2) is 4.63.